The summed E-state index contributed by atoms with van der Waals surface area (Å²) in [5.41, 5.74) is 3.93. The Hall–Kier alpha value is -2.36. The number of allylic oxidation sites excluding steroid dienone is 1. The third-order valence-corrected chi connectivity index (χ3v) is 2.86. The number of rotatable bonds is 1. The van der Waals surface area contributed by atoms with Crippen LogP contribution in [0.2, 0.25) is 0 Å². The van der Waals surface area contributed by atoms with Crippen LogP contribution in [-0.4, -0.2) is 9.97 Å². The summed E-state index contributed by atoms with van der Waals surface area (Å²) < 4.78 is 13.6. The molecule has 18 heavy (non-hydrogen) atoms. The zero-order chi connectivity index (χ0) is 12.7. The second kappa shape index (κ2) is 3.84. The Kier molecular flexibility index (Phi) is 2.30. The van der Waals surface area contributed by atoms with Crippen LogP contribution in [0.15, 0.2) is 36.6 Å². The fourth-order valence-corrected chi connectivity index (χ4v) is 2.02. The van der Waals surface area contributed by atoms with Crippen molar-refractivity contribution in [2.75, 3.05) is 5.32 Å². The van der Waals surface area contributed by atoms with Crippen molar-refractivity contribution in [2.24, 2.45) is 0 Å². The Morgan fingerprint density at radius 3 is 2.83 bits per heavy atom. The predicted octanol–water partition coefficient (Wildman–Crippen LogP) is 3.48. The topological polar surface area (TPSA) is 40.7 Å². The molecule has 0 spiro atoms. The van der Waals surface area contributed by atoms with Crippen LogP contribution in [0.25, 0.3) is 17.3 Å². The molecule has 1 aliphatic rings. The number of aromatic amines is 1. The van der Waals surface area contributed by atoms with Crippen molar-refractivity contribution in [3.8, 4) is 11.3 Å². The van der Waals surface area contributed by atoms with E-state index in [1.165, 1.54) is 0 Å². The molecule has 0 aliphatic carbocycles. The first-order valence-electron chi connectivity index (χ1n) is 5.64. The molecular weight excluding hydrogens is 229 g/mol. The highest BCUT2D eigenvalue weighted by Crippen LogP contribution is 2.29. The third-order valence-electron chi connectivity index (χ3n) is 2.86. The second-order valence-electron chi connectivity index (χ2n) is 4.27. The van der Waals surface area contributed by atoms with Gasteiger partial charge in [-0.15, -0.1) is 0 Å². The van der Waals surface area contributed by atoms with E-state index in [1.54, 1.807) is 6.92 Å². The van der Waals surface area contributed by atoms with Gasteiger partial charge in [0.15, 0.2) is 0 Å². The smallest absolute Gasteiger partial charge is 0.218 e. The van der Waals surface area contributed by atoms with E-state index in [9.17, 15) is 4.39 Å². The molecule has 1 aliphatic heterocycles. The number of anilines is 1. The number of nitrogens with one attached hydrogen (secondary N) is 2. The highest BCUT2D eigenvalue weighted by molar-refractivity contribution is 5.78. The standard InChI is InChI=1S/C14H12FN3/c1-8-3-4-10-7-11(5-6-12(10)16-8)13-14(15)18-9(2)17-13/h3-7,16H,1H2,2H3,(H,17,18). The minimum Gasteiger partial charge on any atom is -0.356 e. The molecule has 0 saturated heterocycles. The lowest BCUT2D eigenvalue weighted by atomic mass is 10.0. The van der Waals surface area contributed by atoms with E-state index >= 15 is 0 Å². The molecule has 0 saturated carbocycles. The molecule has 90 valence electrons. The quantitative estimate of drug-likeness (QED) is 0.802. The summed E-state index contributed by atoms with van der Waals surface area (Å²) in [6.45, 7) is 5.57. The summed E-state index contributed by atoms with van der Waals surface area (Å²) in [5.74, 6) is 0.173. The fourth-order valence-electron chi connectivity index (χ4n) is 2.02. The van der Waals surface area contributed by atoms with Gasteiger partial charge < -0.3 is 10.3 Å². The van der Waals surface area contributed by atoms with Gasteiger partial charge in [-0.05, 0) is 30.7 Å². The van der Waals surface area contributed by atoms with Crippen LogP contribution in [0.4, 0.5) is 10.1 Å². The molecule has 2 N–H and O–H groups in total. The minimum atomic E-state index is -0.399. The number of fused-ring (bicyclic) bond motifs is 1. The van der Waals surface area contributed by atoms with Gasteiger partial charge in [0.05, 0.1) is 0 Å². The summed E-state index contributed by atoms with van der Waals surface area (Å²) in [6, 6.07) is 5.66. The Labute approximate surface area is 104 Å². The first-order valence-corrected chi connectivity index (χ1v) is 5.64. The number of hydrogen-bond acceptors (Lipinski definition) is 2. The van der Waals surface area contributed by atoms with Crippen molar-refractivity contribution in [1.29, 1.82) is 0 Å². The summed E-state index contributed by atoms with van der Waals surface area (Å²) >= 11 is 0. The van der Waals surface area contributed by atoms with Crippen molar-refractivity contribution in [3.05, 3.63) is 53.9 Å². The second-order valence-corrected chi connectivity index (χ2v) is 4.27. The Balaban J connectivity index is 2.09. The van der Waals surface area contributed by atoms with E-state index in [4.69, 9.17) is 0 Å². The lowest BCUT2D eigenvalue weighted by molar-refractivity contribution is 0.592. The van der Waals surface area contributed by atoms with Crippen molar-refractivity contribution >= 4 is 11.8 Å². The number of nitrogens with zero attached hydrogens (tertiary/aromatic N) is 1. The zero-order valence-electron chi connectivity index (χ0n) is 9.92. The maximum absolute atomic E-state index is 13.6. The largest absolute Gasteiger partial charge is 0.356 e. The number of aryl methyl sites for hydroxylation is 1. The van der Waals surface area contributed by atoms with E-state index in [2.05, 4.69) is 21.9 Å². The number of aromatic nitrogens is 2. The van der Waals surface area contributed by atoms with Gasteiger partial charge in [-0.25, -0.2) is 4.98 Å². The van der Waals surface area contributed by atoms with Gasteiger partial charge in [0, 0.05) is 16.9 Å². The highest BCUT2D eigenvalue weighted by Gasteiger charge is 2.13. The van der Waals surface area contributed by atoms with Crippen LogP contribution in [0.3, 0.4) is 0 Å². The van der Waals surface area contributed by atoms with Crippen LogP contribution in [0.5, 0.6) is 0 Å². The first kappa shape index (κ1) is 10.8. The van der Waals surface area contributed by atoms with Gasteiger partial charge in [0.1, 0.15) is 11.5 Å². The lowest BCUT2D eigenvalue weighted by Crippen LogP contribution is -2.01. The molecule has 2 aromatic rings. The van der Waals surface area contributed by atoms with E-state index in [0.717, 1.165) is 22.5 Å². The first-order chi connectivity index (χ1) is 8.63. The summed E-state index contributed by atoms with van der Waals surface area (Å²) in [5, 5.41) is 3.16. The van der Waals surface area contributed by atoms with Gasteiger partial charge in [-0.1, -0.05) is 18.7 Å². The van der Waals surface area contributed by atoms with E-state index in [-0.39, 0.29) is 0 Å². The highest BCUT2D eigenvalue weighted by atomic mass is 19.1. The molecular formula is C14H12FN3. The van der Waals surface area contributed by atoms with Crippen LogP contribution < -0.4 is 5.32 Å². The molecule has 1 aromatic heterocycles. The summed E-state index contributed by atoms with van der Waals surface area (Å²) in [4.78, 5) is 6.72. The third kappa shape index (κ3) is 1.72. The number of benzene rings is 1. The van der Waals surface area contributed by atoms with Gasteiger partial charge in [-0.3, -0.25) is 0 Å². The number of H-pyrrole nitrogens is 1. The summed E-state index contributed by atoms with van der Waals surface area (Å²) in [6.07, 6.45) is 3.84. The fraction of sp³-hybridized carbons (Fsp3) is 0.0714. The molecule has 1 aromatic carbocycles. The van der Waals surface area contributed by atoms with Gasteiger partial charge in [0.25, 0.3) is 0 Å². The molecule has 0 fully saturated rings. The molecule has 0 bridgehead atoms. The van der Waals surface area contributed by atoms with E-state index < -0.39 is 5.95 Å². The van der Waals surface area contributed by atoms with Crippen LogP contribution in [-0.2, 0) is 0 Å². The van der Waals surface area contributed by atoms with E-state index in [0.29, 0.717) is 11.5 Å². The number of halogens is 1. The molecule has 3 nitrogen and oxygen atoms in total. The monoisotopic (exact) mass is 241 g/mol. The van der Waals surface area contributed by atoms with Gasteiger partial charge in [0.2, 0.25) is 5.95 Å². The van der Waals surface area contributed by atoms with Gasteiger partial charge in [-0.2, -0.15) is 4.39 Å². The Morgan fingerprint density at radius 1 is 1.28 bits per heavy atom. The molecule has 0 radical (unpaired) electrons. The maximum atomic E-state index is 13.6. The van der Waals surface area contributed by atoms with E-state index in [1.807, 2.05) is 30.4 Å². The molecule has 0 atom stereocenters. The van der Waals surface area contributed by atoms with Crippen molar-refractivity contribution in [3.63, 3.8) is 0 Å². The Morgan fingerprint density at radius 2 is 2.11 bits per heavy atom. The average Bonchev–Trinajstić information content (AvgIpc) is 2.68. The van der Waals surface area contributed by atoms with Crippen LogP contribution in [0.1, 0.15) is 11.4 Å². The van der Waals surface area contributed by atoms with Crippen LogP contribution >= 0.6 is 0 Å². The zero-order valence-corrected chi connectivity index (χ0v) is 9.92. The summed E-state index contributed by atoms with van der Waals surface area (Å²) in [7, 11) is 0. The predicted molar refractivity (Wildman–Crippen MR) is 70.5 cm³/mol. The molecule has 3 rings (SSSR count). The van der Waals surface area contributed by atoms with Gasteiger partial charge >= 0.3 is 0 Å². The molecule has 0 unspecified atom stereocenters. The number of imidazole rings is 1. The normalized spacial score (nSPS) is 13.3. The minimum absolute atomic E-state index is 0.355. The average molecular weight is 241 g/mol. The maximum Gasteiger partial charge on any atom is 0.218 e. The number of hydrogen-bond donors (Lipinski definition) is 2. The lowest BCUT2D eigenvalue weighted by Gasteiger charge is -2.15. The van der Waals surface area contributed by atoms with Crippen molar-refractivity contribution < 1.29 is 4.39 Å². The SMILES string of the molecule is C=C1C=Cc2cc(-c3nc(C)[nH]c3F)ccc2N1. The van der Waals surface area contributed by atoms with Crippen LogP contribution in [0, 0.1) is 12.9 Å². The van der Waals surface area contributed by atoms with Crippen molar-refractivity contribution in [1.82, 2.24) is 9.97 Å². The Bertz CT molecular complexity index is 668. The molecule has 4 heteroatoms. The molecule has 0 amide bonds. The van der Waals surface area contributed by atoms with Crippen molar-refractivity contribution in [2.45, 2.75) is 6.92 Å². The molecule has 2 heterocycles.